The number of para-hydroxylation sites is 1. The zero-order chi connectivity index (χ0) is 19.4. The zero-order valence-electron chi connectivity index (χ0n) is 14.8. The standard InChI is InChI=1S/C18H18N2O4S3/c1-3-23-16(21)13-10(14(27-15(13)19)17(22)24-4-2)9-25-18-20-11-7-5-6-8-12(11)26-18/h5-8H,3-4,9,19H2,1-2H3. The zero-order valence-corrected chi connectivity index (χ0v) is 17.3. The van der Waals surface area contributed by atoms with E-state index in [0.717, 1.165) is 25.9 Å². The number of ether oxygens (including phenoxy) is 2. The number of nitrogens with two attached hydrogens (primary N) is 1. The van der Waals surface area contributed by atoms with Crippen molar-refractivity contribution in [2.24, 2.45) is 0 Å². The number of carbonyl (C=O) groups is 2. The SMILES string of the molecule is CCOC(=O)c1sc(N)c(C(=O)OCC)c1CSc1nc2ccccc2s1. The van der Waals surface area contributed by atoms with Crippen LogP contribution in [0, 0.1) is 0 Å². The molecule has 2 heterocycles. The number of nitrogens with zero attached hydrogens (tertiary/aromatic N) is 1. The van der Waals surface area contributed by atoms with Crippen LogP contribution in [0.1, 0.15) is 39.4 Å². The van der Waals surface area contributed by atoms with Gasteiger partial charge in [0.2, 0.25) is 0 Å². The van der Waals surface area contributed by atoms with E-state index < -0.39 is 11.9 Å². The molecule has 0 saturated carbocycles. The lowest BCUT2D eigenvalue weighted by Crippen LogP contribution is -2.10. The van der Waals surface area contributed by atoms with Crippen LogP contribution in [0.25, 0.3) is 10.2 Å². The molecule has 3 aromatic rings. The number of esters is 2. The Morgan fingerprint density at radius 2 is 1.81 bits per heavy atom. The number of carbonyl (C=O) groups excluding carboxylic acids is 2. The number of thiophene rings is 1. The van der Waals surface area contributed by atoms with E-state index in [1.807, 2.05) is 24.3 Å². The molecule has 0 radical (unpaired) electrons. The first-order valence-corrected chi connectivity index (χ1v) is 10.9. The smallest absolute Gasteiger partial charge is 0.348 e. The van der Waals surface area contributed by atoms with Crippen molar-refractivity contribution >= 4 is 61.6 Å². The van der Waals surface area contributed by atoms with E-state index in [1.54, 1.807) is 25.2 Å². The fraction of sp³-hybridized carbons (Fsp3) is 0.278. The van der Waals surface area contributed by atoms with Gasteiger partial charge in [-0.15, -0.1) is 22.7 Å². The lowest BCUT2D eigenvalue weighted by atomic mass is 10.1. The van der Waals surface area contributed by atoms with Gasteiger partial charge in [-0.2, -0.15) is 0 Å². The number of aromatic nitrogens is 1. The Morgan fingerprint density at radius 1 is 1.11 bits per heavy atom. The van der Waals surface area contributed by atoms with Crippen LogP contribution in [-0.2, 0) is 15.2 Å². The van der Waals surface area contributed by atoms with Gasteiger partial charge >= 0.3 is 11.9 Å². The molecule has 0 bridgehead atoms. The molecule has 0 aliphatic rings. The lowest BCUT2D eigenvalue weighted by Gasteiger charge is -2.06. The highest BCUT2D eigenvalue weighted by atomic mass is 32.2. The molecule has 0 amide bonds. The first-order chi connectivity index (χ1) is 13.0. The number of anilines is 1. The van der Waals surface area contributed by atoms with Gasteiger partial charge in [0.1, 0.15) is 9.88 Å². The van der Waals surface area contributed by atoms with Crippen molar-refractivity contribution in [1.82, 2.24) is 4.98 Å². The molecule has 3 rings (SSSR count). The fourth-order valence-corrected chi connectivity index (χ4v) is 5.62. The highest BCUT2D eigenvalue weighted by Gasteiger charge is 2.27. The maximum atomic E-state index is 12.4. The number of rotatable bonds is 7. The highest BCUT2D eigenvalue weighted by molar-refractivity contribution is 8.00. The second-order valence-corrected chi connectivity index (χ2v) is 8.63. The van der Waals surface area contributed by atoms with Crippen LogP contribution >= 0.6 is 34.4 Å². The number of thioether (sulfide) groups is 1. The van der Waals surface area contributed by atoms with Crippen LogP contribution in [0.5, 0.6) is 0 Å². The van der Waals surface area contributed by atoms with Gasteiger partial charge in [0.25, 0.3) is 0 Å². The molecule has 0 atom stereocenters. The van der Waals surface area contributed by atoms with Gasteiger partial charge in [-0.25, -0.2) is 14.6 Å². The number of benzene rings is 1. The first-order valence-electron chi connectivity index (χ1n) is 8.28. The van der Waals surface area contributed by atoms with E-state index in [0.29, 0.717) is 16.2 Å². The summed E-state index contributed by atoms with van der Waals surface area (Å²) >= 11 is 4.07. The monoisotopic (exact) mass is 422 g/mol. The quantitative estimate of drug-likeness (QED) is 0.440. The van der Waals surface area contributed by atoms with Crippen molar-refractivity contribution in [2.45, 2.75) is 23.9 Å². The summed E-state index contributed by atoms with van der Waals surface area (Å²) in [5, 5.41) is 0.261. The number of hydrogen-bond donors (Lipinski definition) is 1. The maximum Gasteiger partial charge on any atom is 0.348 e. The average molecular weight is 423 g/mol. The Morgan fingerprint density at radius 3 is 2.52 bits per heavy atom. The molecule has 6 nitrogen and oxygen atoms in total. The molecule has 2 N–H and O–H groups in total. The number of hydrogen-bond acceptors (Lipinski definition) is 9. The Hall–Kier alpha value is -2.10. The first kappa shape index (κ1) is 19.7. The number of nitrogen functional groups attached to an aromatic ring is 1. The molecule has 0 aliphatic carbocycles. The van der Waals surface area contributed by atoms with Crippen molar-refractivity contribution in [2.75, 3.05) is 18.9 Å². The normalized spacial score (nSPS) is 10.9. The van der Waals surface area contributed by atoms with Crippen LogP contribution in [0.15, 0.2) is 28.6 Å². The van der Waals surface area contributed by atoms with Gasteiger partial charge in [-0.3, -0.25) is 0 Å². The van der Waals surface area contributed by atoms with Crippen LogP contribution < -0.4 is 5.73 Å². The molecule has 0 aliphatic heterocycles. The molecule has 1 aromatic carbocycles. The van der Waals surface area contributed by atoms with Gasteiger partial charge in [0.15, 0.2) is 4.34 Å². The van der Waals surface area contributed by atoms with Crippen LogP contribution in [0.2, 0.25) is 0 Å². The Labute approximate surface area is 168 Å². The van der Waals surface area contributed by atoms with E-state index in [9.17, 15) is 9.59 Å². The molecule has 27 heavy (non-hydrogen) atoms. The van der Waals surface area contributed by atoms with Crippen molar-refractivity contribution < 1.29 is 19.1 Å². The molecule has 142 valence electrons. The van der Waals surface area contributed by atoms with E-state index in [-0.39, 0.29) is 23.8 Å². The summed E-state index contributed by atoms with van der Waals surface area (Å²) in [6.07, 6.45) is 0. The molecular formula is C18H18N2O4S3. The maximum absolute atomic E-state index is 12.4. The summed E-state index contributed by atoms with van der Waals surface area (Å²) in [6.45, 7) is 3.93. The van der Waals surface area contributed by atoms with Crippen molar-refractivity contribution in [3.05, 3.63) is 40.3 Å². The summed E-state index contributed by atoms with van der Waals surface area (Å²) in [5.74, 6) is -0.637. The average Bonchev–Trinajstić information content (AvgIpc) is 3.20. The minimum absolute atomic E-state index is 0.229. The summed E-state index contributed by atoms with van der Waals surface area (Å²) in [5.41, 5.74) is 7.74. The summed E-state index contributed by atoms with van der Waals surface area (Å²) in [7, 11) is 0. The van der Waals surface area contributed by atoms with E-state index in [1.165, 1.54) is 11.8 Å². The minimum atomic E-state index is -0.526. The second-order valence-electron chi connectivity index (χ2n) is 5.33. The molecule has 0 fully saturated rings. The van der Waals surface area contributed by atoms with Crippen molar-refractivity contribution in [1.29, 1.82) is 0 Å². The topological polar surface area (TPSA) is 91.5 Å². The lowest BCUT2D eigenvalue weighted by molar-refractivity contribution is 0.0527. The Kier molecular flexibility index (Phi) is 6.35. The molecule has 0 spiro atoms. The highest BCUT2D eigenvalue weighted by Crippen LogP contribution is 2.38. The minimum Gasteiger partial charge on any atom is -0.462 e. The fourth-order valence-electron chi connectivity index (χ4n) is 2.46. The second kappa shape index (κ2) is 8.73. The third-order valence-electron chi connectivity index (χ3n) is 3.59. The summed E-state index contributed by atoms with van der Waals surface area (Å²) in [4.78, 5) is 29.6. The molecular weight excluding hydrogens is 404 g/mol. The van der Waals surface area contributed by atoms with Gasteiger partial charge in [0.05, 0.1) is 29.0 Å². The predicted octanol–water partition coefficient (Wildman–Crippen LogP) is 4.59. The predicted molar refractivity (Wildman–Crippen MR) is 110 cm³/mol. The molecule has 9 heteroatoms. The van der Waals surface area contributed by atoms with Gasteiger partial charge < -0.3 is 15.2 Å². The number of fused-ring (bicyclic) bond motifs is 1. The van der Waals surface area contributed by atoms with E-state index >= 15 is 0 Å². The molecule has 0 unspecified atom stereocenters. The van der Waals surface area contributed by atoms with E-state index in [2.05, 4.69) is 4.98 Å². The summed E-state index contributed by atoms with van der Waals surface area (Å²) in [6, 6.07) is 7.86. The Balaban J connectivity index is 1.92. The third kappa shape index (κ3) is 4.26. The van der Waals surface area contributed by atoms with Crippen molar-refractivity contribution in [3.63, 3.8) is 0 Å². The molecule has 0 saturated heterocycles. The van der Waals surface area contributed by atoms with Gasteiger partial charge in [0, 0.05) is 11.3 Å². The molecule has 2 aromatic heterocycles. The third-order valence-corrected chi connectivity index (χ3v) is 6.84. The van der Waals surface area contributed by atoms with Crippen LogP contribution in [0.4, 0.5) is 5.00 Å². The van der Waals surface area contributed by atoms with Crippen LogP contribution in [-0.4, -0.2) is 30.1 Å². The van der Waals surface area contributed by atoms with E-state index in [4.69, 9.17) is 15.2 Å². The van der Waals surface area contributed by atoms with Gasteiger partial charge in [-0.1, -0.05) is 23.9 Å². The number of thiazole rings is 1. The van der Waals surface area contributed by atoms with Gasteiger partial charge in [-0.05, 0) is 26.0 Å². The Bertz CT molecular complexity index is 947. The van der Waals surface area contributed by atoms with Crippen LogP contribution in [0.3, 0.4) is 0 Å². The van der Waals surface area contributed by atoms with Crippen molar-refractivity contribution in [3.8, 4) is 0 Å². The largest absolute Gasteiger partial charge is 0.462 e. The summed E-state index contributed by atoms with van der Waals surface area (Å²) < 4.78 is 12.2.